The Kier molecular flexibility index (Phi) is 4.40. The smallest absolute Gasteiger partial charge is 0.131 e. The van der Waals surface area contributed by atoms with Crippen LogP contribution in [0.1, 0.15) is 18.7 Å². The molecule has 2 aromatic carbocycles. The van der Waals surface area contributed by atoms with E-state index in [1.165, 1.54) is 0 Å². The minimum Gasteiger partial charge on any atom is -0.326 e. The zero-order chi connectivity index (χ0) is 17.2. The second-order valence-electron chi connectivity index (χ2n) is 5.90. The summed E-state index contributed by atoms with van der Waals surface area (Å²) in [4.78, 5) is 4.82. The molecule has 5 nitrogen and oxygen atoms in total. The highest BCUT2D eigenvalue weighted by molar-refractivity contribution is 14.1. The van der Waals surface area contributed by atoms with Crippen LogP contribution in [-0.2, 0) is 13.1 Å². The number of para-hydroxylation sites is 3. The van der Waals surface area contributed by atoms with Crippen molar-refractivity contribution in [2.45, 2.75) is 25.9 Å². The number of nitriles is 1. The molecule has 0 aliphatic heterocycles. The Hall–Kier alpha value is -2.40. The van der Waals surface area contributed by atoms with Crippen LogP contribution in [0, 0.1) is 15.0 Å². The summed E-state index contributed by atoms with van der Waals surface area (Å²) in [5, 5.41) is 14.7. The molecule has 25 heavy (non-hydrogen) atoms. The van der Waals surface area contributed by atoms with E-state index in [1.54, 1.807) is 0 Å². The molecule has 2 heterocycles. The van der Waals surface area contributed by atoms with Gasteiger partial charge in [0.25, 0.3) is 0 Å². The van der Waals surface area contributed by atoms with Crippen LogP contribution in [0.25, 0.3) is 21.9 Å². The Morgan fingerprint density at radius 1 is 1.04 bits per heavy atom. The summed E-state index contributed by atoms with van der Waals surface area (Å²) in [5.41, 5.74) is 3.21. The van der Waals surface area contributed by atoms with E-state index in [0.717, 1.165) is 44.4 Å². The van der Waals surface area contributed by atoms with Crippen molar-refractivity contribution in [3.63, 3.8) is 0 Å². The first-order valence-electron chi connectivity index (χ1n) is 8.20. The summed E-state index contributed by atoms with van der Waals surface area (Å²) in [5.74, 6) is 0.976. The lowest BCUT2D eigenvalue weighted by atomic mass is 10.2. The van der Waals surface area contributed by atoms with Crippen LogP contribution < -0.4 is 0 Å². The van der Waals surface area contributed by atoms with E-state index in [4.69, 9.17) is 15.3 Å². The molecule has 0 atom stereocenters. The van der Waals surface area contributed by atoms with Gasteiger partial charge in [0.05, 0.1) is 29.2 Å². The molecule has 0 aliphatic carbocycles. The van der Waals surface area contributed by atoms with Crippen LogP contribution in [0.4, 0.5) is 0 Å². The van der Waals surface area contributed by atoms with Crippen LogP contribution in [0.5, 0.6) is 0 Å². The van der Waals surface area contributed by atoms with Crippen LogP contribution in [0.3, 0.4) is 0 Å². The van der Waals surface area contributed by atoms with Crippen molar-refractivity contribution in [2.24, 2.45) is 0 Å². The third-order valence-corrected chi connectivity index (χ3v) is 5.10. The predicted octanol–water partition coefficient (Wildman–Crippen LogP) is 4.34. The zero-order valence-electron chi connectivity index (χ0n) is 13.6. The second-order valence-corrected chi connectivity index (χ2v) is 6.92. The first-order chi connectivity index (χ1) is 12.3. The number of rotatable bonds is 5. The fourth-order valence-corrected chi connectivity index (χ4v) is 3.87. The predicted molar refractivity (Wildman–Crippen MR) is 106 cm³/mol. The topological polar surface area (TPSA) is 59.4 Å². The third kappa shape index (κ3) is 3.00. The Morgan fingerprint density at radius 3 is 2.64 bits per heavy atom. The number of fused-ring (bicyclic) bond motifs is 2. The molecule has 0 aliphatic rings. The maximum Gasteiger partial charge on any atom is 0.131 e. The molecule has 2 aromatic heterocycles. The summed E-state index contributed by atoms with van der Waals surface area (Å²) < 4.78 is 5.23. The average molecular weight is 441 g/mol. The highest BCUT2D eigenvalue weighted by Gasteiger charge is 2.14. The molecule has 0 spiro atoms. The standard InChI is InChI=1S/C19H16IN5/c20-19-14-7-1-3-9-16(14)25(23-19)13-18-22-15-8-2-4-10-17(15)24(18)12-6-5-11-21/h1-4,7-10H,5-6,12-13H2. The van der Waals surface area contributed by atoms with Gasteiger partial charge in [-0.25, -0.2) is 4.98 Å². The van der Waals surface area contributed by atoms with Gasteiger partial charge in [0.15, 0.2) is 0 Å². The molecule has 4 rings (SSSR count). The number of hydrogen-bond donors (Lipinski definition) is 0. The first kappa shape index (κ1) is 16.1. The van der Waals surface area contributed by atoms with Crippen molar-refractivity contribution < 1.29 is 0 Å². The van der Waals surface area contributed by atoms with Crippen molar-refractivity contribution in [1.29, 1.82) is 5.26 Å². The van der Waals surface area contributed by atoms with Gasteiger partial charge < -0.3 is 4.57 Å². The van der Waals surface area contributed by atoms with Gasteiger partial charge in [0.1, 0.15) is 9.53 Å². The van der Waals surface area contributed by atoms with Crippen LogP contribution >= 0.6 is 22.6 Å². The van der Waals surface area contributed by atoms with E-state index in [2.05, 4.69) is 51.4 Å². The number of benzene rings is 2. The molecule has 0 fully saturated rings. The molecule has 0 saturated carbocycles. The molecule has 0 bridgehead atoms. The van der Waals surface area contributed by atoms with Gasteiger partial charge in [-0.1, -0.05) is 30.3 Å². The molecule has 6 heteroatoms. The Morgan fingerprint density at radius 2 is 1.80 bits per heavy atom. The van der Waals surface area contributed by atoms with E-state index in [9.17, 15) is 0 Å². The summed E-state index contributed by atoms with van der Waals surface area (Å²) in [6, 6.07) is 18.6. The van der Waals surface area contributed by atoms with Crippen LogP contribution in [-0.4, -0.2) is 19.3 Å². The van der Waals surface area contributed by atoms with Crippen LogP contribution in [0.15, 0.2) is 48.5 Å². The number of halogens is 1. The molecule has 0 radical (unpaired) electrons. The minimum atomic E-state index is 0.550. The number of imidazole rings is 1. The SMILES string of the molecule is N#CCCCn1c(Cn2nc(I)c3ccccc32)nc2ccccc21. The average Bonchev–Trinajstić information content (AvgIpc) is 3.14. The largest absolute Gasteiger partial charge is 0.326 e. The van der Waals surface area contributed by atoms with Crippen molar-refractivity contribution in [2.75, 3.05) is 0 Å². The lowest BCUT2D eigenvalue weighted by Crippen LogP contribution is -2.10. The highest BCUT2D eigenvalue weighted by atomic mass is 127. The van der Waals surface area contributed by atoms with Gasteiger partial charge in [-0.2, -0.15) is 10.4 Å². The first-order valence-corrected chi connectivity index (χ1v) is 9.28. The second kappa shape index (κ2) is 6.84. The van der Waals surface area contributed by atoms with E-state index in [-0.39, 0.29) is 0 Å². The van der Waals surface area contributed by atoms with E-state index >= 15 is 0 Å². The lowest BCUT2D eigenvalue weighted by Gasteiger charge is -2.09. The molecule has 0 amide bonds. The lowest BCUT2D eigenvalue weighted by molar-refractivity contribution is 0.591. The van der Waals surface area contributed by atoms with Crippen molar-refractivity contribution in [1.82, 2.24) is 19.3 Å². The molecule has 0 N–H and O–H groups in total. The van der Waals surface area contributed by atoms with Crippen LogP contribution in [0.2, 0.25) is 0 Å². The Labute approximate surface area is 159 Å². The molecule has 0 unspecified atom stereocenters. The van der Waals surface area contributed by atoms with E-state index in [0.29, 0.717) is 13.0 Å². The summed E-state index contributed by atoms with van der Waals surface area (Å²) in [6.07, 6.45) is 1.37. The van der Waals surface area contributed by atoms with Gasteiger partial charge >= 0.3 is 0 Å². The number of unbranched alkanes of at least 4 members (excludes halogenated alkanes) is 1. The normalized spacial score (nSPS) is 11.2. The number of aryl methyl sites for hydroxylation is 1. The van der Waals surface area contributed by atoms with Crippen molar-refractivity contribution >= 4 is 44.5 Å². The molecular weight excluding hydrogens is 425 g/mol. The van der Waals surface area contributed by atoms with Gasteiger partial charge in [-0.15, -0.1) is 0 Å². The number of aromatic nitrogens is 4. The maximum absolute atomic E-state index is 8.84. The van der Waals surface area contributed by atoms with Crippen molar-refractivity contribution in [3.05, 3.63) is 58.1 Å². The Bertz CT molecular complexity index is 1090. The summed E-state index contributed by atoms with van der Waals surface area (Å²) >= 11 is 2.28. The van der Waals surface area contributed by atoms with Gasteiger partial charge in [-0.3, -0.25) is 4.68 Å². The highest BCUT2D eigenvalue weighted by Crippen LogP contribution is 2.22. The quantitative estimate of drug-likeness (QED) is 0.342. The fraction of sp³-hybridized carbons (Fsp3) is 0.211. The minimum absolute atomic E-state index is 0.550. The van der Waals surface area contributed by atoms with Gasteiger partial charge in [0.2, 0.25) is 0 Å². The molecule has 4 aromatic rings. The third-order valence-electron chi connectivity index (χ3n) is 4.31. The molecule has 0 saturated heterocycles. The fourth-order valence-electron chi connectivity index (χ4n) is 3.15. The number of nitrogens with zero attached hydrogens (tertiary/aromatic N) is 5. The van der Waals surface area contributed by atoms with Crippen molar-refractivity contribution in [3.8, 4) is 6.07 Å². The zero-order valence-corrected chi connectivity index (χ0v) is 15.7. The monoisotopic (exact) mass is 441 g/mol. The van der Waals surface area contributed by atoms with E-state index in [1.807, 2.05) is 35.0 Å². The van der Waals surface area contributed by atoms with E-state index < -0.39 is 0 Å². The van der Waals surface area contributed by atoms with Gasteiger partial charge in [-0.05, 0) is 47.2 Å². The molecule has 124 valence electrons. The summed E-state index contributed by atoms with van der Waals surface area (Å²) in [7, 11) is 0. The number of hydrogen-bond acceptors (Lipinski definition) is 3. The Balaban J connectivity index is 1.77. The molecular formula is C19H16IN5. The maximum atomic E-state index is 8.84. The van der Waals surface area contributed by atoms with Gasteiger partial charge in [0, 0.05) is 18.4 Å². The summed E-state index contributed by atoms with van der Waals surface area (Å²) in [6.45, 7) is 1.41.